The Balaban J connectivity index is 2.06. The number of rotatable bonds is 0. The molecule has 1 amide bonds. The monoisotopic (exact) mass is 157 g/mol. The molecule has 2 aliphatic heterocycles. The standard InChI is InChI=1S/C7H11NO3/c9-7-5-11-6-3-8(7)1-2-10-4-6/h6H,1-5H2. The number of hydrogen-bond acceptors (Lipinski definition) is 3. The van der Waals surface area contributed by atoms with E-state index in [2.05, 4.69) is 0 Å². The van der Waals surface area contributed by atoms with E-state index >= 15 is 0 Å². The molecule has 1 unspecified atom stereocenters. The Morgan fingerprint density at radius 2 is 2.45 bits per heavy atom. The van der Waals surface area contributed by atoms with Gasteiger partial charge in [0.15, 0.2) is 0 Å². The van der Waals surface area contributed by atoms with Crippen LogP contribution in [-0.4, -0.2) is 49.8 Å². The highest BCUT2D eigenvalue weighted by Gasteiger charge is 2.28. The highest BCUT2D eigenvalue weighted by molar-refractivity contribution is 5.78. The first kappa shape index (κ1) is 7.06. The van der Waals surface area contributed by atoms with Crippen molar-refractivity contribution in [1.29, 1.82) is 0 Å². The molecule has 62 valence electrons. The summed E-state index contributed by atoms with van der Waals surface area (Å²) in [6.45, 7) is 2.93. The molecule has 4 heteroatoms. The highest BCUT2D eigenvalue weighted by atomic mass is 16.5. The highest BCUT2D eigenvalue weighted by Crippen LogP contribution is 2.09. The quantitative estimate of drug-likeness (QED) is 0.464. The van der Waals surface area contributed by atoms with Crippen LogP contribution in [0.25, 0.3) is 0 Å². The van der Waals surface area contributed by atoms with Crippen molar-refractivity contribution in [3.63, 3.8) is 0 Å². The molecule has 2 rings (SSSR count). The molecule has 0 saturated carbocycles. The zero-order valence-electron chi connectivity index (χ0n) is 6.28. The lowest BCUT2D eigenvalue weighted by molar-refractivity contribution is -0.147. The molecule has 0 radical (unpaired) electrons. The van der Waals surface area contributed by atoms with Crippen LogP contribution in [-0.2, 0) is 14.3 Å². The van der Waals surface area contributed by atoms with Gasteiger partial charge in [-0.1, -0.05) is 0 Å². The molecule has 11 heavy (non-hydrogen) atoms. The minimum Gasteiger partial charge on any atom is -0.377 e. The van der Waals surface area contributed by atoms with E-state index in [0.29, 0.717) is 19.8 Å². The first-order chi connectivity index (χ1) is 5.36. The number of hydrogen-bond donors (Lipinski definition) is 0. The van der Waals surface area contributed by atoms with E-state index in [0.717, 1.165) is 6.54 Å². The average Bonchev–Trinajstić information content (AvgIpc) is 2.21. The maximum Gasteiger partial charge on any atom is 0.248 e. The molecule has 1 atom stereocenters. The molecule has 2 bridgehead atoms. The van der Waals surface area contributed by atoms with Crippen molar-refractivity contribution in [3.05, 3.63) is 0 Å². The molecule has 0 aromatic carbocycles. The van der Waals surface area contributed by atoms with Gasteiger partial charge in [-0.05, 0) is 0 Å². The molecular weight excluding hydrogens is 146 g/mol. The van der Waals surface area contributed by atoms with Crippen molar-refractivity contribution < 1.29 is 14.3 Å². The Morgan fingerprint density at radius 3 is 3.36 bits per heavy atom. The number of amides is 1. The van der Waals surface area contributed by atoms with Crippen LogP contribution in [0.2, 0.25) is 0 Å². The van der Waals surface area contributed by atoms with E-state index in [1.165, 1.54) is 0 Å². The SMILES string of the molecule is O=C1COC2COCCN1C2. The average molecular weight is 157 g/mol. The molecule has 0 aromatic heterocycles. The number of fused-ring (bicyclic) bond motifs is 2. The van der Waals surface area contributed by atoms with Crippen LogP contribution in [0.5, 0.6) is 0 Å². The first-order valence-electron chi connectivity index (χ1n) is 3.83. The maximum absolute atomic E-state index is 11.1. The van der Waals surface area contributed by atoms with E-state index < -0.39 is 0 Å². The second kappa shape index (κ2) is 2.79. The summed E-state index contributed by atoms with van der Waals surface area (Å²) >= 11 is 0. The van der Waals surface area contributed by atoms with E-state index in [1.807, 2.05) is 0 Å². The zero-order chi connectivity index (χ0) is 7.68. The summed E-state index contributed by atoms with van der Waals surface area (Å²) in [6, 6.07) is 0. The number of carbonyl (C=O) groups excluding carboxylic acids is 1. The van der Waals surface area contributed by atoms with Crippen LogP contribution in [0.1, 0.15) is 0 Å². The molecule has 2 saturated heterocycles. The predicted octanol–water partition coefficient (Wildman–Crippen LogP) is -0.756. The van der Waals surface area contributed by atoms with Gasteiger partial charge >= 0.3 is 0 Å². The predicted molar refractivity (Wildman–Crippen MR) is 37.1 cm³/mol. The van der Waals surface area contributed by atoms with E-state index in [9.17, 15) is 4.79 Å². The summed E-state index contributed by atoms with van der Waals surface area (Å²) in [4.78, 5) is 12.9. The Bertz CT molecular complexity index is 171. The van der Waals surface area contributed by atoms with Crippen LogP contribution in [0.4, 0.5) is 0 Å². The van der Waals surface area contributed by atoms with Gasteiger partial charge in [0.1, 0.15) is 6.61 Å². The fraction of sp³-hybridized carbons (Fsp3) is 0.857. The van der Waals surface area contributed by atoms with Crippen molar-refractivity contribution >= 4 is 5.91 Å². The van der Waals surface area contributed by atoms with Gasteiger partial charge < -0.3 is 14.4 Å². The molecule has 0 spiro atoms. The van der Waals surface area contributed by atoms with Crippen molar-refractivity contribution in [3.8, 4) is 0 Å². The summed E-state index contributed by atoms with van der Waals surface area (Å²) < 4.78 is 10.5. The lowest BCUT2D eigenvalue weighted by atomic mass is 10.3. The molecule has 0 aromatic rings. The Labute approximate surface area is 65.1 Å². The molecule has 2 heterocycles. The molecule has 2 aliphatic rings. The van der Waals surface area contributed by atoms with E-state index in [4.69, 9.17) is 9.47 Å². The van der Waals surface area contributed by atoms with Gasteiger partial charge in [0.2, 0.25) is 5.91 Å². The van der Waals surface area contributed by atoms with Crippen molar-refractivity contribution in [2.75, 3.05) is 32.9 Å². The molecule has 0 aliphatic carbocycles. The summed E-state index contributed by atoms with van der Waals surface area (Å²) in [7, 11) is 0. The topological polar surface area (TPSA) is 38.8 Å². The molecule has 2 fully saturated rings. The van der Waals surface area contributed by atoms with Gasteiger partial charge in [-0.2, -0.15) is 0 Å². The van der Waals surface area contributed by atoms with Gasteiger partial charge in [0.25, 0.3) is 0 Å². The van der Waals surface area contributed by atoms with Gasteiger partial charge in [-0.25, -0.2) is 0 Å². The number of nitrogens with zero attached hydrogens (tertiary/aromatic N) is 1. The fourth-order valence-corrected chi connectivity index (χ4v) is 1.39. The van der Waals surface area contributed by atoms with Crippen molar-refractivity contribution in [1.82, 2.24) is 4.90 Å². The fourth-order valence-electron chi connectivity index (χ4n) is 1.39. The Morgan fingerprint density at radius 1 is 1.55 bits per heavy atom. The minimum absolute atomic E-state index is 0.0896. The van der Waals surface area contributed by atoms with Crippen LogP contribution < -0.4 is 0 Å². The maximum atomic E-state index is 11.1. The van der Waals surface area contributed by atoms with Gasteiger partial charge in [-0.15, -0.1) is 0 Å². The summed E-state index contributed by atoms with van der Waals surface area (Å²) in [5, 5.41) is 0. The smallest absolute Gasteiger partial charge is 0.248 e. The third-order valence-corrected chi connectivity index (χ3v) is 2.03. The Kier molecular flexibility index (Phi) is 1.79. The van der Waals surface area contributed by atoms with Crippen LogP contribution in [0.3, 0.4) is 0 Å². The van der Waals surface area contributed by atoms with E-state index in [-0.39, 0.29) is 18.6 Å². The largest absolute Gasteiger partial charge is 0.377 e. The zero-order valence-corrected chi connectivity index (χ0v) is 6.28. The molecule has 0 N–H and O–H groups in total. The summed E-state index contributed by atoms with van der Waals surface area (Å²) in [6.07, 6.45) is 0.107. The van der Waals surface area contributed by atoms with Gasteiger partial charge in [-0.3, -0.25) is 4.79 Å². The minimum atomic E-state index is 0.0896. The van der Waals surface area contributed by atoms with E-state index in [1.54, 1.807) is 4.90 Å². The molecule has 4 nitrogen and oxygen atoms in total. The molecular formula is C7H11NO3. The summed E-state index contributed by atoms with van der Waals surface area (Å²) in [5.41, 5.74) is 0. The van der Waals surface area contributed by atoms with Crippen LogP contribution in [0.15, 0.2) is 0 Å². The van der Waals surface area contributed by atoms with Gasteiger partial charge in [0.05, 0.1) is 19.3 Å². The summed E-state index contributed by atoms with van der Waals surface area (Å²) in [5.74, 6) is 0.0896. The first-order valence-corrected chi connectivity index (χ1v) is 3.83. The second-order valence-electron chi connectivity index (χ2n) is 2.85. The lowest BCUT2D eigenvalue weighted by Gasteiger charge is -2.28. The Hall–Kier alpha value is -0.610. The second-order valence-corrected chi connectivity index (χ2v) is 2.85. The number of morpholine rings is 1. The normalized spacial score (nSPS) is 31.8. The number of carbonyl (C=O) groups is 1. The van der Waals surface area contributed by atoms with Crippen LogP contribution in [0, 0.1) is 0 Å². The third kappa shape index (κ3) is 1.36. The third-order valence-electron chi connectivity index (χ3n) is 2.03. The van der Waals surface area contributed by atoms with Crippen LogP contribution >= 0.6 is 0 Å². The number of ether oxygens (including phenoxy) is 2. The lowest BCUT2D eigenvalue weighted by Crippen LogP contribution is -2.46. The van der Waals surface area contributed by atoms with Gasteiger partial charge in [0, 0.05) is 13.1 Å². The van der Waals surface area contributed by atoms with Crippen molar-refractivity contribution in [2.45, 2.75) is 6.10 Å². The van der Waals surface area contributed by atoms with Crippen molar-refractivity contribution in [2.24, 2.45) is 0 Å².